The predicted molar refractivity (Wildman–Crippen MR) is 56.5 cm³/mol. The minimum Gasteiger partial charge on any atom is -0.228 e. The molecular weight excluding hydrogens is 210 g/mol. The standard InChI is InChI=1S/C12H8F2N2/c1-8(9-4-2-6-15-11(9)13)10-5-3-7-16-12(10)14/h2-7H,1H2. The summed E-state index contributed by atoms with van der Waals surface area (Å²) in [6.07, 6.45) is 2.65. The third-order valence-corrected chi connectivity index (χ3v) is 2.17. The molecule has 2 aromatic rings. The first-order valence-electron chi connectivity index (χ1n) is 4.61. The Bertz CT molecular complexity index is 491. The molecule has 0 saturated carbocycles. The minimum atomic E-state index is -0.671. The molecule has 0 aliphatic heterocycles. The molecule has 2 rings (SSSR count). The molecule has 0 aromatic carbocycles. The zero-order valence-corrected chi connectivity index (χ0v) is 8.32. The fraction of sp³-hybridized carbons (Fsp3) is 0. The van der Waals surface area contributed by atoms with Gasteiger partial charge in [0.1, 0.15) is 0 Å². The topological polar surface area (TPSA) is 25.8 Å². The molecule has 0 bridgehead atoms. The second kappa shape index (κ2) is 4.18. The fourth-order valence-electron chi connectivity index (χ4n) is 1.37. The third-order valence-electron chi connectivity index (χ3n) is 2.17. The van der Waals surface area contributed by atoms with Crippen LogP contribution < -0.4 is 0 Å². The van der Waals surface area contributed by atoms with Crippen LogP contribution >= 0.6 is 0 Å². The van der Waals surface area contributed by atoms with Gasteiger partial charge in [-0.1, -0.05) is 6.58 Å². The molecule has 0 aliphatic carbocycles. The van der Waals surface area contributed by atoms with Crippen molar-refractivity contribution in [3.8, 4) is 0 Å². The van der Waals surface area contributed by atoms with Crippen LogP contribution in [0, 0.1) is 11.9 Å². The summed E-state index contributed by atoms with van der Waals surface area (Å²) in [5.74, 6) is -1.34. The molecule has 0 fully saturated rings. The molecule has 0 aliphatic rings. The number of rotatable bonds is 2. The van der Waals surface area contributed by atoms with Crippen LogP contribution in [0.4, 0.5) is 8.78 Å². The van der Waals surface area contributed by atoms with Gasteiger partial charge in [-0.05, 0) is 29.8 Å². The highest BCUT2D eigenvalue weighted by Gasteiger charge is 2.12. The average molecular weight is 218 g/mol. The molecule has 2 nitrogen and oxygen atoms in total. The SMILES string of the molecule is C=C(c1cccnc1F)c1cccnc1F. The molecule has 0 saturated heterocycles. The van der Waals surface area contributed by atoms with Gasteiger partial charge in [-0.3, -0.25) is 0 Å². The van der Waals surface area contributed by atoms with Gasteiger partial charge in [-0.2, -0.15) is 8.78 Å². The Labute approximate surface area is 91.3 Å². The van der Waals surface area contributed by atoms with E-state index in [2.05, 4.69) is 16.5 Å². The van der Waals surface area contributed by atoms with Gasteiger partial charge in [-0.25, -0.2) is 9.97 Å². The maximum Gasteiger partial charge on any atom is 0.220 e. The number of aromatic nitrogens is 2. The van der Waals surface area contributed by atoms with Crippen LogP contribution in [0.5, 0.6) is 0 Å². The summed E-state index contributed by atoms with van der Waals surface area (Å²) in [5.41, 5.74) is 0.583. The molecule has 2 heterocycles. The Kier molecular flexibility index (Phi) is 2.72. The summed E-state index contributed by atoms with van der Waals surface area (Å²) in [5, 5.41) is 0. The van der Waals surface area contributed by atoms with Gasteiger partial charge >= 0.3 is 0 Å². The number of pyridine rings is 2. The second-order valence-electron chi connectivity index (χ2n) is 3.16. The van der Waals surface area contributed by atoms with Crippen molar-refractivity contribution in [3.05, 3.63) is 66.3 Å². The third kappa shape index (κ3) is 1.82. The molecule has 4 heteroatoms. The van der Waals surface area contributed by atoms with Gasteiger partial charge in [-0.15, -0.1) is 0 Å². The van der Waals surface area contributed by atoms with E-state index in [1.54, 1.807) is 12.1 Å². The number of hydrogen-bond donors (Lipinski definition) is 0. The van der Waals surface area contributed by atoms with E-state index in [1.165, 1.54) is 24.5 Å². The Hall–Kier alpha value is -2.10. The lowest BCUT2D eigenvalue weighted by Gasteiger charge is -2.06. The highest BCUT2D eigenvalue weighted by molar-refractivity contribution is 5.77. The van der Waals surface area contributed by atoms with Crippen LogP contribution in [-0.4, -0.2) is 9.97 Å². The average Bonchev–Trinajstić information content (AvgIpc) is 2.29. The van der Waals surface area contributed by atoms with Gasteiger partial charge in [0.15, 0.2) is 0 Å². The quantitative estimate of drug-likeness (QED) is 0.724. The first-order valence-corrected chi connectivity index (χ1v) is 4.61. The lowest BCUT2D eigenvalue weighted by molar-refractivity contribution is 0.574. The maximum atomic E-state index is 13.3. The van der Waals surface area contributed by atoms with E-state index in [9.17, 15) is 8.78 Å². The van der Waals surface area contributed by atoms with E-state index in [0.29, 0.717) is 0 Å². The first-order chi connectivity index (χ1) is 7.70. The van der Waals surface area contributed by atoms with Gasteiger partial charge in [0.2, 0.25) is 11.9 Å². The van der Waals surface area contributed by atoms with E-state index in [0.717, 1.165) is 0 Å². The monoisotopic (exact) mass is 218 g/mol. The van der Waals surface area contributed by atoms with E-state index < -0.39 is 11.9 Å². The zero-order chi connectivity index (χ0) is 11.5. The van der Waals surface area contributed by atoms with Gasteiger partial charge in [0, 0.05) is 23.5 Å². The molecule has 2 aromatic heterocycles. The van der Waals surface area contributed by atoms with Crippen LogP contribution in [-0.2, 0) is 0 Å². The van der Waals surface area contributed by atoms with Crippen molar-refractivity contribution < 1.29 is 8.78 Å². The molecule has 0 unspecified atom stereocenters. The predicted octanol–water partition coefficient (Wildman–Crippen LogP) is 2.82. The summed E-state index contributed by atoms with van der Waals surface area (Å²) < 4.78 is 26.7. The van der Waals surface area contributed by atoms with E-state index in [-0.39, 0.29) is 16.7 Å². The first kappa shape index (κ1) is 10.4. The summed E-state index contributed by atoms with van der Waals surface area (Å²) >= 11 is 0. The molecule has 0 amide bonds. The molecule has 0 radical (unpaired) electrons. The summed E-state index contributed by atoms with van der Waals surface area (Å²) in [4.78, 5) is 6.97. The Morgan fingerprint density at radius 3 is 1.75 bits per heavy atom. The van der Waals surface area contributed by atoms with E-state index in [4.69, 9.17) is 0 Å². The van der Waals surface area contributed by atoms with Crippen molar-refractivity contribution in [2.45, 2.75) is 0 Å². The molecule has 0 spiro atoms. The molecule has 0 atom stereocenters. The second-order valence-corrected chi connectivity index (χ2v) is 3.16. The molecular formula is C12H8F2N2. The zero-order valence-electron chi connectivity index (χ0n) is 8.32. The number of nitrogens with zero attached hydrogens (tertiary/aromatic N) is 2. The Morgan fingerprint density at radius 1 is 0.938 bits per heavy atom. The van der Waals surface area contributed by atoms with Crippen LogP contribution in [0.1, 0.15) is 11.1 Å². The van der Waals surface area contributed by atoms with Crippen molar-refractivity contribution in [2.24, 2.45) is 0 Å². The number of halogens is 2. The fourth-order valence-corrected chi connectivity index (χ4v) is 1.37. The lowest BCUT2D eigenvalue weighted by atomic mass is 10.0. The van der Waals surface area contributed by atoms with Gasteiger partial charge in [0.05, 0.1) is 0 Å². The van der Waals surface area contributed by atoms with Gasteiger partial charge < -0.3 is 0 Å². The van der Waals surface area contributed by atoms with Crippen LogP contribution in [0.3, 0.4) is 0 Å². The maximum absolute atomic E-state index is 13.3. The Morgan fingerprint density at radius 2 is 1.38 bits per heavy atom. The van der Waals surface area contributed by atoms with Crippen LogP contribution in [0.15, 0.2) is 43.2 Å². The van der Waals surface area contributed by atoms with E-state index in [1.807, 2.05) is 0 Å². The highest BCUT2D eigenvalue weighted by atomic mass is 19.1. The Balaban J connectivity index is 2.48. The lowest BCUT2D eigenvalue weighted by Crippen LogP contribution is -1.97. The smallest absolute Gasteiger partial charge is 0.220 e. The summed E-state index contributed by atoms with van der Waals surface area (Å²) in [7, 11) is 0. The molecule has 16 heavy (non-hydrogen) atoms. The van der Waals surface area contributed by atoms with Gasteiger partial charge in [0.25, 0.3) is 0 Å². The van der Waals surface area contributed by atoms with Crippen molar-refractivity contribution in [1.29, 1.82) is 0 Å². The van der Waals surface area contributed by atoms with Crippen molar-refractivity contribution >= 4 is 5.57 Å². The van der Waals surface area contributed by atoms with Crippen LogP contribution in [0.25, 0.3) is 5.57 Å². The molecule has 0 N–H and O–H groups in total. The summed E-state index contributed by atoms with van der Waals surface area (Å²) in [6, 6.07) is 6.13. The molecule has 80 valence electrons. The van der Waals surface area contributed by atoms with E-state index >= 15 is 0 Å². The normalized spacial score (nSPS) is 10.1. The van der Waals surface area contributed by atoms with Crippen molar-refractivity contribution in [3.63, 3.8) is 0 Å². The minimum absolute atomic E-state index is 0.175. The van der Waals surface area contributed by atoms with Crippen LogP contribution in [0.2, 0.25) is 0 Å². The highest BCUT2D eigenvalue weighted by Crippen LogP contribution is 2.23. The number of hydrogen-bond acceptors (Lipinski definition) is 2. The van der Waals surface area contributed by atoms with Crippen molar-refractivity contribution in [2.75, 3.05) is 0 Å². The largest absolute Gasteiger partial charge is 0.228 e. The van der Waals surface area contributed by atoms with Crippen molar-refractivity contribution in [1.82, 2.24) is 9.97 Å². The summed E-state index contributed by atoms with van der Waals surface area (Å²) in [6.45, 7) is 3.66.